The van der Waals surface area contributed by atoms with Gasteiger partial charge < -0.3 is 15.2 Å². The van der Waals surface area contributed by atoms with Gasteiger partial charge in [0.2, 0.25) is 5.95 Å². The zero-order valence-electron chi connectivity index (χ0n) is 11.5. The summed E-state index contributed by atoms with van der Waals surface area (Å²) in [5.41, 5.74) is 5.76. The molecule has 0 saturated heterocycles. The van der Waals surface area contributed by atoms with E-state index in [1.54, 1.807) is 7.11 Å². The Labute approximate surface area is 113 Å². The van der Waals surface area contributed by atoms with Gasteiger partial charge in [-0.15, -0.1) is 0 Å². The molecule has 1 saturated carbocycles. The number of rotatable bonds is 7. The average molecular weight is 266 g/mol. The summed E-state index contributed by atoms with van der Waals surface area (Å²) in [7, 11) is 1.66. The van der Waals surface area contributed by atoms with Crippen molar-refractivity contribution in [1.82, 2.24) is 15.0 Å². The lowest BCUT2D eigenvalue weighted by molar-refractivity contribution is 0.0716. The Morgan fingerprint density at radius 3 is 2.63 bits per heavy atom. The van der Waals surface area contributed by atoms with Crippen molar-refractivity contribution in [3.8, 4) is 0 Å². The summed E-state index contributed by atoms with van der Waals surface area (Å²) < 4.78 is 10.3. The molecule has 1 heterocycles. The second kappa shape index (κ2) is 7.35. The van der Waals surface area contributed by atoms with Crippen molar-refractivity contribution in [3.63, 3.8) is 0 Å². The van der Waals surface area contributed by atoms with E-state index in [9.17, 15) is 0 Å². The SMILES string of the molecule is COCCOCCc1nc(N)nc(C2CCCC2)n1. The molecule has 0 unspecified atom stereocenters. The summed E-state index contributed by atoms with van der Waals surface area (Å²) in [4.78, 5) is 13.0. The first-order valence-electron chi connectivity index (χ1n) is 6.86. The number of hydrogen-bond acceptors (Lipinski definition) is 6. The van der Waals surface area contributed by atoms with Gasteiger partial charge in [-0.3, -0.25) is 0 Å². The lowest BCUT2D eigenvalue weighted by atomic mass is 10.1. The lowest BCUT2D eigenvalue weighted by Gasteiger charge is -2.09. The third-order valence-corrected chi connectivity index (χ3v) is 3.34. The Bertz CT molecular complexity index is 394. The maximum atomic E-state index is 5.76. The first-order chi connectivity index (χ1) is 9.29. The third-order valence-electron chi connectivity index (χ3n) is 3.34. The summed E-state index contributed by atoms with van der Waals surface area (Å²) in [5.74, 6) is 2.37. The van der Waals surface area contributed by atoms with Gasteiger partial charge in [0.05, 0.1) is 19.8 Å². The van der Waals surface area contributed by atoms with Crippen LogP contribution < -0.4 is 5.73 Å². The zero-order chi connectivity index (χ0) is 13.5. The van der Waals surface area contributed by atoms with Crippen molar-refractivity contribution in [2.45, 2.75) is 38.0 Å². The fourth-order valence-corrected chi connectivity index (χ4v) is 2.34. The second-order valence-corrected chi connectivity index (χ2v) is 4.80. The van der Waals surface area contributed by atoms with Crippen LogP contribution in [0.1, 0.15) is 43.3 Å². The topological polar surface area (TPSA) is 83.2 Å². The highest BCUT2D eigenvalue weighted by molar-refractivity contribution is 5.18. The Morgan fingerprint density at radius 1 is 1.11 bits per heavy atom. The minimum absolute atomic E-state index is 0.323. The molecule has 2 rings (SSSR count). The lowest BCUT2D eigenvalue weighted by Crippen LogP contribution is -2.12. The van der Waals surface area contributed by atoms with E-state index < -0.39 is 0 Å². The van der Waals surface area contributed by atoms with Crippen molar-refractivity contribution < 1.29 is 9.47 Å². The smallest absolute Gasteiger partial charge is 0.223 e. The van der Waals surface area contributed by atoms with E-state index in [0.717, 1.165) is 24.5 Å². The molecule has 0 spiro atoms. The largest absolute Gasteiger partial charge is 0.382 e. The molecule has 1 aliphatic carbocycles. The van der Waals surface area contributed by atoms with Crippen molar-refractivity contribution in [2.24, 2.45) is 0 Å². The number of ether oxygens (including phenoxy) is 2. The molecular weight excluding hydrogens is 244 g/mol. The second-order valence-electron chi connectivity index (χ2n) is 4.80. The molecule has 6 heteroatoms. The van der Waals surface area contributed by atoms with Gasteiger partial charge in [-0.1, -0.05) is 12.8 Å². The molecule has 1 aromatic rings. The van der Waals surface area contributed by atoms with Crippen LogP contribution in [0.25, 0.3) is 0 Å². The summed E-state index contributed by atoms with van der Waals surface area (Å²) >= 11 is 0. The molecule has 19 heavy (non-hydrogen) atoms. The molecule has 1 aliphatic rings. The number of anilines is 1. The standard InChI is InChI=1S/C13H22N4O2/c1-18-8-9-19-7-6-11-15-12(17-13(14)16-11)10-4-2-3-5-10/h10H,2-9H2,1H3,(H2,14,15,16,17). The first kappa shape index (κ1) is 14.1. The van der Waals surface area contributed by atoms with Crippen LogP contribution in [0.3, 0.4) is 0 Å². The summed E-state index contributed by atoms with van der Waals surface area (Å²) in [6, 6.07) is 0. The van der Waals surface area contributed by atoms with Gasteiger partial charge in [-0.25, -0.2) is 4.98 Å². The number of methoxy groups -OCH3 is 1. The van der Waals surface area contributed by atoms with E-state index in [4.69, 9.17) is 15.2 Å². The molecule has 0 radical (unpaired) electrons. The number of nitrogens with two attached hydrogens (primary N) is 1. The minimum Gasteiger partial charge on any atom is -0.382 e. The Hall–Kier alpha value is -1.27. The van der Waals surface area contributed by atoms with Gasteiger partial charge in [-0.2, -0.15) is 9.97 Å². The van der Waals surface area contributed by atoms with Crippen LogP contribution in [0, 0.1) is 0 Å². The van der Waals surface area contributed by atoms with Crippen molar-refractivity contribution in [3.05, 3.63) is 11.6 Å². The highest BCUT2D eigenvalue weighted by Crippen LogP contribution is 2.32. The molecule has 106 valence electrons. The van der Waals surface area contributed by atoms with Crippen LogP contribution in [0.4, 0.5) is 5.95 Å². The maximum Gasteiger partial charge on any atom is 0.223 e. The predicted molar refractivity (Wildman–Crippen MR) is 71.8 cm³/mol. The van der Waals surface area contributed by atoms with Crippen LogP contribution in [-0.4, -0.2) is 41.9 Å². The van der Waals surface area contributed by atoms with E-state index in [0.29, 0.717) is 38.1 Å². The Balaban J connectivity index is 1.89. The Morgan fingerprint density at radius 2 is 1.89 bits per heavy atom. The molecule has 2 N–H and O–H groups in total. The van der Waals surface area contributed by atoms with E-state index in [1.807, 2.05) is 0 Å². The molecule has 0 bridgehead atoms. The summed E-state index contributed by atoms with van der Waals surface area (Å²) in [6.07, 6.45) is 5.49. The first-order valence-corrected chi connectivity index (χ1v) is 6.86. The summed E-state index contributed by atoms with van der Waals surface area (Å²) in [6.45, 7) is 1.77. The predicted octanol–water partition coefficient (Wildman–Crippen LogP) is 1.32. The van der Waals surface area contributed by atoms with Crippen LogP contribution in [-0.2, 0) is 15.9 Å². The normalized spacial score (nSPS) is 16.1. The molecule has 0 amide bonds. The van der Waals surface area contributed by atoms with Crippen molar-refractivity contribution >= 4 is 5.95 Å². The van der Waals surface area contributed by atoms with Crippen LogP contribution in [0.2, 0.25) is 0 Å². The molecule has 0 atom stereocenters. The number of nitrogens with zero attached hydrogens (tertiary/aromatic N) is 3. The molecule has 1 fully saturated rings. The van der Waals surface area contributed by atoms with Gasteiger partial charge in [-0.05, 0) is 12.8 Å². The fourth-order valence-electron chi connectivity index (χ4n) is 2.34. The summed E-state index contributed by atoms with van der Waals surface area (Å²) in [5, 5.41) is 0. The minimum atomic E-state index is 0.323. The highest BCUT2D eigenvalue weighted by atomic mass is 16.5. The third kappa shape index (κ3) is 4.40. The molecule has 6 nitrogen and oxygen atoms in total. The van der Waals surface area contributed by atoms with Crippen molar-refractivity contribution in [2.75, 3.05) is 32.7 Å². The van der Waals surface area contributed by atoms with E-state index >= 15 is 0 Å². The van der Waals surface area contributed by atoms with E-state index in [1.165, 1.54) is 12.8 Å². The van der Waals surface area contributed by atoms with Crippen LogP contribution >= 0.6 is 0 Å². The zero-order valence-corrected chi connectivity index (χ0v) is 11.5. The molecule has 0 aliphatic heterocycles. The monoisotopic (exact) mass is 266 g/mol. The number of aromatic nitrogens is 3. The molecule has 1 aromatic heterocycles. The van der Waals surface area contributed by atoms with Gasteiger partial charge >= 0.3 is 0 Å². The average Bonchev–Trinajstić information content (AvgIpc) is 2.92. The van der Waals surface area contributed by atoms with Crippen molar-refractivity contribution in [1.29, 1.82) is 0 Å². The van der Waals surface area contributed by atoms with Gasteiger partial charge in [0, 0.05) is 19.4 Å². The van der Waals surface area contributed by atoms with Crippen LogP contribution in [0.5, 0.6) is 0 Å². The Kier molecular flexibility index (Phi) is 5.47. The number of nitrogen functional groups attached to an aromatic ring is 1. The maximum absolute atomic E-state index is 5.76. The van der Waals surface area contributed by atoms with Crippen LogP contribution in [0.15, 0.2) is 0 Å². The number of hydrogen-bond donors (Lipinski definition) is 1. The highest BCUT2D eigenvalue weighted by Gasteiger charge is 2.20. The van der Waals surface area contributed by atoms with E-state index in [-0.39, 0.29) is 0 Å². The fraction of sp³-hybridized carbons (Fsp3) is 0.769. The van der Waals surface area contributed by atoms with E-state index in [2.05, 4.69) is 15.0 Å². The molecule has 0 aromatic carbocycles. The van der Waals surface area contributed by atoms with Gasteiger partial charge in [0.15, 0.2) is 0 Å². The van der Waals surface area contributed by atoms with Gasteiger partial charge in [0.25, 0.3) is 0 Å². The molecular formula is C13H22N4O2. The van der Waals surface area contributed by atoms with Gasteiger partial charge in [0.1, 0.15) is 11.6 Å². The quantitative estimate of drug-likeness (QED) is 0.749.